The molecule has 3 aromatic rings. The number of ether oxygens (including phenoxy) is 1. The molecule has 0 aliphatic carbocycles. The maximum absolute atomic E-state index is 13.3. The van der Waals surface area contributed by atoms with Gasteiger partial charge in [-0.25, -0.2) is 4.98 Å². The third-order valence-electron chi connectivity index (χ3n) is 5.17. The number of hydrogen-bond donors (Lipinski definition) is 3. The van der Waals surface area contributed by atoms with Crippen LogP contribution in [0, 0.1) is 5.41 Å². The van der Waals surface area contributed by atoms with E-state index in [0.29, 0.717) is 23.4 Å². The lowest BCUT2D eigenvalue weighted by Crippen LogP contribution is -2.41. The fraction of sp³-hybridized carbons (Fsp3) is 0.208. The summed E-state index contributed by atoms with van der Waals surface area (Å²) in [5.41, 5.74) is 7.66. The number of unbranched alkanes of at least 4 members (excludes halogenated alkanes) is 1. The zero-order valence-electron chi connectivity index (χ0n) is 17.1. The monoisotopic (exact) mass is 415 g/mol. The lowest BCUT2D eigenvalue weighted by molar-refractivity contribution is -0.126. The molecule has 0 spiro atoms. The van der Waals surface area contributed by atoms with Crippen LogP contribution in [0.5, 0.6) is 5.75 Å². The van der Waals surface area contributed by atoms with Crippen molar-refractivity contribution < 1.29 is 9.53 Å². The number of carbonyl (C=O) groups is 1. The maximum Gasteiger partial charge on any atom is 0.272 e. The Hall–Kier alpha value is -3.87. The summed E-state index contributed by atoms with van der Waals surface area (Å²) in [5, 5.41) is 11.0. The molecule has 1 amide bonds. The van der Waals surface area contributed by atoms with Crippen molar-refractivity contribution in [3.05, 3.63) is 84.1 Å². The average Bonchev–Trinajstić information content (AvgIpc) is 2.80. The molecule has 158 valence electrons. The standard InChI is InChI=1S/C24H25N5O2/c25-23(26)18-9-7-8-17(16-18)22-24(30)29(19-10-1-2-11-20(19)31-22)15-6-5-14-28-21-12-3-4-13-27-21/h1-4,7-13,16,22H,5-6,14-15H2,(H3,25,26)(H,27,28). The number of nitrogen functional groups attached to an aromatic ring is 1. The molecule has 2 heterocycles. The molecule has 1 aliphatic rings. The highest BCUT2D eigenvalue weighted by Gasteiger charge is 2.35. The van der Waals surface area contributed by atoms with E-state index >= 15 is 0 Å². The Balaban J connectivity index is 1.46. The van der Waals surface area contributed by atoms with E-state index in [2.05, 4.69) is 10.3 Å². The van der Waals surface area contributed by atoms with Gasteiger partial charge in [-0.15, -0.1) is 0 Å². The Kier molecular flexibility index (Phi) is 6.12. The van der Waals surface area contributed by atoms with Gasteiger partial charge in [0.05, 0.1) is 5.69 Å². The van der Waals surface area contributed by atoms with Gasteiger partial charge in [-0.2, -0.15) is 0 Å². The highest BCUT2D eigenvalue weighted by atomic mass is 16.5. The van der Waals surface area contributed by atoms with E-state index in [0.717, 1.165) is 30.9 Å². The smallest absolute Gasteiger partial charge is 0.272 e. The minimum Gasteiger partial charge on any atom is -0.474 e. The van der Waals surface area contributed by atoms with Crippen molar-refractivity contribution in [3.63, 3.8) is 0 Å². The van der Waals surface area contributed by atoms with Crippen LogP contribution in [-0.4, -0.2) is 29.8 Å². The first-order valence-corrected chi connectivity index (χ1v) is 10.3. The number of rotatable bonds is 8. The SMILES string of the molecule is N=C(N)c1cccc(C2Oc3ccccc3N(CCCCNc3ccccn3)C2=O)c1. The molecule has 4 rings (SSSR count). The van der Waals surface area contributed by atoms with Crippen molar-refractivity contribution in [2.24, 2.45) is 5.73 Å². The number of amidine groups is 1. The molecule has 0 radical (unpaired) electrons. The lowest BCUT2D eigenvalue weighted by Gasteiger charge is -2.34. The molecule has 2 aromatic carbocycles. The number of hydrogen-bond acceptors (Lipinski definition) is 5. The van der Waals surface area contributed by atoms with Crippen molar-refractivity contribution >= 4 is 23.2 Å². The topological polar surface area (TPSA) is 104 Å². The molecule has 1 aromatic heterocycles. The summed E-state index contributed by atoms with van der Waals surface area (Å²) in [6.45, 7) is 1.37. The number of fused-ring (bicyclic) bond motifs is 1. The van der Waals surface area contributed by atoms with Crippen molar-refractivity contribution in [3.8, 4) is 5.75 Å². The van der Waals surface area contributed by atoms with Gasteiger partial charge in [-0.3, -0.25) is 10.2 Å². The molecule has 0 saturated heterocycles. The summed E-state index contributed by atoms with van der Waals surface area (Å²) in [7, 11) is 0. The predicted molar refractivity (Wildman–Crippen MR) is 122 cm³/mol. The van der Waals surface area contributed by atoms with Crippen LogP contribution in [0.4, 0.5) is 11.5 Å². The summed E-state index contributed by atoms with van der Waals surface area (Å²) in [6.07, 6.45) is 2.72. The van der Waals surface area contributed by atoms with E-state index in [-0.39, 0.29) is 11.7 Å². The Morgan fingerprint density at radius 2 is 1.94 bits per heavy atom. The van der Waals surface area contributed by atoms with Crippen LogP contribution < -0.4 is 20.7 Å². The number of aromatic nitrogens is 1. The van der Waals surface area contributed by atoms with E-state index in [1.54, 1.807) is 29.3 Å². The van der Waals surface area contributed by atoms with Gasteiger partial charge in [0.2, 0.25) is 6.10 Å². The molecule has 7 heteroatoms. The molecule has 0 fully saturated rings. The minimum absolute atomic E-state index is 0.0391. The number of nitrogens with one attached hydrogen (secondary N) is 2. The van der Waals surface area contributed by atoms with Crippen molar-refractivity contribution in [2.75, 3.05) is 23.3 Å². The first kappa shape index (κ1) is 20.4. The van der Waals surface area contributed by atoms with Gasteiger partial charge >= 0.3 is 0 Å². The fourth-order valence-corrected chi connectivity index (χ4v) is 3.61. The summed E-state index contributed by atoms with van der Waals surface area (Å²) >= 11 is 0. The van der Waals surface area contributed by atoms with Gasteiger partial charge in [0.1, 0.15) is 17.4 Å². The second-order valence-corrected chi connectivity index (χ2v) is 7.34. The van der Waals surface area contributed by atoms with Crippen LogP contribution in [0.3, 0.4) is 0 Å². The van der Waals surface area contributed by atoms with Gasteiger partial charge in [0, 0.05) is 30.4 Å². The summed E-state index contributed by atoms with van der Waals surface area (Å²) in [5.74, 6) is 1.37. The quantitative estimate of drug-likeness (QED) is 0.295. The highest BCUT2D eigenvalue weighted by Crippen LogP contribution is 2.38. The highest BCUT2D eigenvalue weighted by molar-refractivity contribution is 6.01. The first-order chi connectivity index (χ1) is 15.1. The number of pyridine rings is 1. The zero-order valence-corrected chi connectivity index (χ0v) is 17.1. The summed E-state index contributed by atoms with van der Waals surface area (Å²) in [6, 6.07) is 20.5. The lowest BCUT2D eigenvalue weighted by atomic mass is 10.0. The predicted octanol–water partition coefficient (Wildman–Crippen LogP) is 3.72. The number of para-hydroxylation sites is 2. The van der Waals surface area contributed by atoms with E-state index in [1.165, 1.54) is 0 Å². The summed E-state index contributed by atoms with van der Waals surface area (Å²) < 4.78 is 6.06. The van der Waals surface area contributed by atoms with Crippen molar-refractivity contribution in [1.29, 1.82) is 5.41 Å². The van der Waals surface area contributed by atoms with Gasteiger partial charge in [0.15, 0.2) is 0 Å². The van der Waals surface area contributed by atoms with Gasteiger partial charge in [-0.1, -0.05) is 36.4 Å². The van der Waals surface area contributed by atoms with E-state index in [4.69, 9.17) is 15.9 Å². The average molecular weight is 415 g/mol. The zero-order chi connectivity index (χ0) is 21.6. The molecule has 1 aliphatic heterocycles. The van der Waals surface area contributed by atoms with Gasteiger partial charge < -0.3 is 20.7 Å². The van der Waals surface area contributed by atoms with Crippen LogP contribution >= 0.6 is 0 Å². The molecule has 7 nitrogen and oxygen atoms in total. The number of anilines is 2. The maximum atomic E-state index is 13.3. The summed E-state index contributed by atoms with van der Waals surface area (Å²) in [4.78, 5) is 19.4. The van der Waals surface area contributed by atoms with Crippen molar-refractivity contribution in [2.45, 2.75) is 18.9 Å². The van der Waals surface area contributed by atoms with Gasteiger partial charge in [0.25, 0.3) is 5.91 Å². The van der Waals surface area contributed by atoms with Crippen LogP contribution in [0.15, 0.2) is 72.9 Å². The molecule has 1 atom stereocenters. The van der Waals surface area contributed by atoms with Crippen molar-refractivity contribution in [1.82, 2.24) is 4.98 Å². The number of benzene rings is 2. The third-order valence-corrected chi connectivity index (χ3v) is 5.17. The second-order valence-electron chi connectivity index (χ2n) is 7.34. The Bertz CT molecular complexity index is 1070. The molecule has 0 bridgehead atoms. The number of carbonyl (C=O) groups excluding carboxylic acids is 1. The fourth-order valence-electron chi connectivity index (χ4n) is 3.61. The Labute approximate surface area is 181 Å². The third kappa shape index (κ3) is 4.66. The van der Waals surface area contributed by atoms with E-state index in [1.807, 2.05) is 48.5 Å². The normalized spacial score (nSPS) is 15.2. The molecular weight excluding hydrogens is 390 g/mol. The molecule has 1 unspecified atom stereocenters. The minimum atomic E-state index is -0.763. The molecule has 0 saturated carbocycles. The van der Waals surface area contributed by atoms with Gasteiger partial charge in [-0.05, 0) is 43.2 Å². The first-order valence-electron chi connectivity index (χ1n) is 10.3. The second kappa shape index (κ2) is 9.30. The Morgan fingerprint density at radius 1 is 1.10 bits per heavy atom. The number of nitrogens with two attached hydrogens (primary N) is 1. The largest absolute Gasteiger partial charge is 0.474 e. The molecular formula is C24H25N5O2. The number of amides is 1. The Morgan fingerprint density at radius 3 is 2.74 bits per heavy atom. The van der Waals surface area contributed by atoms with E-state index < -0.39 is 6.10 Å². The van der Waals surface area contributed by atoms with E-state index in [9.17, 15) is 4.79 Å². The number of nitrogens with zero attached hydrogens (tertiary/aromatic N) is 2. The van der Waals surface area contributed by atoms with Crippen LogP contribution in [0.2, 0.25) is 0 Å². The van der Waals surface area contributed by atoms with Crippen LogP contribution in [0.1, 0.15) is 30.1 Å². The van der Waals surface area contributed by atoms with Crippen LogP contribution in [-0.2, 0) is 4.79 Å². The molecule has 31 heavy (non-hydrogen) atoms. The van der Waals surface area contributed by atoms with Crippen LogP contribution in [0.25, 0.3) is 0 Å². The molecule has 4 N–H and O–H groups in total.